The molecule has 0 aliphatic rings. The Labute approximate surface area is 85.1 Å². The zero-order chi connectivity index (χ0) is 10.6. The van der Waals surface area contributed by atoms with Crippen LogP contribution in [0.2, 0.25) is 0 Å². The molecule has 1 unspecified atom stereocenters. The molecule has 2 nitrogen and oxygen atoms in total. The first-order valence-corrected chi connectivity index (χ1v) is 4.95. The van der Waals surface area contributed by atoms with Crippen LogP contribution in [-0.4, -0.2) is 5.91 Å². The molecule has 0 heterocycles. The summed E-state index contributed by atoms with van der Waals surface area (Å²) in [6.45, 7) is 4.19. The van der Waals surface area contributed by atoms with Gasteiger partial charge in [-0.15, -0.1) is 0 Å². The molecule has 1 atom stereocenters. The van der Waals surface area contributed by atoms with E-state index in [0.717, 1.165) is 12.0 Å². The Bertz CT molecular complexity index is 292. The predicted molar refractivity (Wildman–Crippen MR) is 57.8 cm³/mol. The summed E-state index contributed by atoms with van der Waals surface area (Å²) in [6.07, 6.45) is 0.819. The van der Waals surface area contributed by atoms with Crippen LogP contribution < -0.4 is 5.73 Å². The third kappa shape index (κ3) is 2.87. The molecule has 2 heteroatoms. The Morgan fingerprint density at radius 3 is 2.29 bits per heavy atom. The summed E-state index contributed by atoms with van der Waals surface area (Å²) in [4.78, 5) is 11.3. The molecular weight excluding hydrogens is 174 g/mol. The lowest BCUT2D eigenvalue weighted by Crippen LogP contribution is -2.22. The summed E-state index contributed by atoms with van der Waals surface area (Å²) in [5, 5.41) is 0. The highest BCUT2D eigenvalue weighted by Crippen LogP contribution is 2.22. The van der Waals surface area contributed by atoms with Gasteiger partial charge in [-0.25, -0.2) is 0 Å². The molecule has 2 N–H and O–H groups in total. The van der Waals surface area contributed by atoms with Crippen molar-refractivity contribution < 1.29 is 4.79 Å². The Morgan fingerprint density at radius 1 is 1.29 bits per heavy atom. The number of hydrogen-bond acceptors (Lipinski definition) is 1. The van der Waals surface area contributed by atoms with Crippen molar-refractivity contribution >= 4 is 5.91 Å². The van der Waals surface area contributed by atoms with Crippen molar-refractivity contribution in [3.63, 3.8) is 0 Å². The Hall–Kier alpha value is -1.31. The Balaban J connectivity index is 2.84. The van der Waals surface area contributed by atoms with Crippen molar-refractivity contribution in [2.75, 3.05) is 0 Å². The van der Waals surface area contributed by atoms with Crippen LogP contribution in [0, 0.1) is 5.92 Å². The fraction of sp³-hybridized carbons (Fsp3) is 0.417. The first-order chi connectivity index (χ1) is 6.61. The topological polar surface area (TPSA) is 43.1 Å². The lowest BCUT2D eigenvalue weighted by molar-refractivity contribution is -0.119. The van der Waals surface area contributed by atoms with Gasteiger partial charge in [0.15, 0.2) is 0 Å². The minimum atomic E-state index is -0.232. The Morgan fingerprint density at radius 2 is 1.86 bits per heavy atom. The standard InChI is InChI=1S/C12H17NO/c1-9(2)8-11(12(13)14)10-6-4-3-5-7-10/h3-7,9,11H,8H2,1-2H3,(H2,13,14). The summed E-state index contributed by atoms with van der Waals surface area (Å²) < 4.78 is 0. The molecule has 14 heavy (non-hydrogen) atoms. The molecular formula is C12H17NO. The van der Waals surface area contributed by atoms with Crippen LogP contribution in [0.4, 0.5) is 0 Å². The molecule has 1 rings (SSSR count). The Kier molecular flexibility index (Phi) is 3.69. The second-order valence-corrected chi connectivity index (χ2v) is 4.00. The number of carbonyl (C=O) groups is 1. The largest absolute Gasteiger partial charge is 0.369 e. The molecule has 0 radical (unpaired) electrons. The highest BCUT2D eigenvalue weighted by atomic mass is 16.1. The number of hydrogen-bond donors (Lipinski definition) is 1. The van der Waals surface area contributed by atoms with E-state index < -0.39 is 0 Å². The van der Waals surface area contributed by atoms with E-state index in [2.05, 4.69) is 13.8 Å². The maximum Gasteiger partial charge on any atom is 0.224 e. The van der Waals surface area contributed by atoms with Crippen LogP contribution in [-0.2, 0) is 4.79 Å². The first-order valence-electron chi connectivity index (χ1n) is 4.95. The molecule has 1 aromatic rings. The van der Waals surface area contributed by atoms with E-state index in [1.807, 2.05) is 30.3 Å². The van der Waals surface area contributed by atoms with Crippen LogP contribution in [0.3, 0.4) is 0 Å². The summed E-state index contributed by atoms with van der Waals surface area (Å²) in [5.74, 6) is 0.105. The zero-order valence-electron chi connectivity index (χ0n) is 8.73. The SMILES string of the molecule is CC(C)CC(C(N)=O)c1ccccc1. The average Bonchev–Trinajstić information content (AvgIpc) is 2.15. The molecule has 0 fully saturated rings. The van der Waals surface area contributed by atoms with E-state index in [1.165, 1.54) is 0 Å². The summed E-state index contributed by atoms with van der Waals surface area (Å²) >= 11 is 0. The maximum atomic E-state index is 11.3. The highest BCUT2D eigenvalue weighted by Gasteiger charge is 2.18. The number of amides is 1. The monoisotopic (exact) mass is 191 g/mol. The molecule has 0 spiro atoms. The lowest BCUT2D eigenvalue weighted by Gasteiger charge is -2.15. The molecule has 76 valence electrons. The first kappa shape index (κ1) is 10.8. The minimum absolute atomic E-state index is 0.142. The fourth-order valence-corrected chi connectivity index (χ4v) is 1.57. The van der Waals surface area contributed by atoms with Crippen LogP contribution >= 0.6 is 0 Å². The van der Waals surface area contributed by atoms with Gasteiger partial charge in [0.25, 0.3) is 0 Å². The van der Waals surface area contributed by atoms with Gasteiger partial charge in [0.1, 0.15) is 0 Å². The average molecular weight is 191 g/mol. The van der Waals surface area contributed by atoms with Gasteiger partial charge >= 0.3 is 0 Å². The fourth-order valence-electron chi connectivity index (χ4n) is 1.57. The molecule has 1 amide bonds. The summed E-state index contributed by atoms with van der Waals surface area (Å²) in [5.41, 5.74) is 6.40. The number of benzene rings is 1. The zero-order valence-corrected chi connectivity index (χ0v) is 8.73. The van der Waals surface area contributed by atoms with Crippen molar-refractivity contribution in [3.05, 3.63) is 35.9 Å². The van der Waals surface area contributed by atoms with Crippen LogP contribution in [0.15, 0.2) is 30.3 Å². The number of carbonyl (C=O) groups excluding carboxylic acids is 1. The summed E-state index contributed by atoms with van der Waals surface area (Å²) in [7, 11) is 0. The lowest BCUT2D eigenvalue weighted by atomic mass is 9.90. The van der Waals surface area contributed by atoms with E-state index in [-0.39, 0.29) is 11.8 Å². The number of primary amides is 1. The van der Waals surface area contributed by atoms with Crippen molar-refractivity contribution in [1.82, 2.24) is 0 Å². The second kappa shape index (κ2) is 4.80. The van der Waals surface area contributed by atoms with Gasteiger partial charge in [0.05, 0.1) is 5.92 Å². The van der Waals surface area contributed by atoms with Crippen molar-refractivity contribution in [2.24, 2.45) is 11.7 Å². The molecule has 0 aromatic heterocycles. The van der Waals surface area contributed by atoms with Crippen molar-refractivity contribution in [2.45, 2.75) is 26.2 Å². The minimum Gasteiger partial charge on any atom is -0.369 e. The van der Waals surface area contributed by atoms with Crippen molar-refractivity contribution in [1.29, 1.82) is 0 Å². The van der Waals surface area contributed by atoms with Gasteiger partial charge in [-0.3, -0.25) is 4.79 Å². The highest BCUT2D eigenvalue weighted by molar-refractivity contribution is 5.81. The van der Waals surface area contributed by atoms with Gasteiger partial charge in [-0.1, -0.05) is 44.2 Å². The van der Waals surface area contributed by atoms with E-state index in [1.54, 1.807) is 0 Å². The third-order valence-electron chi connectivity index (χ3n) is 2.25. The van der Waals surface area contributed by atoms with Gasteiger partial charge < -0.3 is 5.73 Å². The molecule has 0 aliphatic heterocycles. The van der Waals surface area contributed by atoms with Crippen LogP contribution in [0.1, 0.15) is 31.7 Å². The molecule has 0 aliphatic carbocycles. The van der Waals surface area contributed by atoms with E-state index in [9.17, 15) is 4.79 Å². The summed E-state index contributed by atoms with van der Waals surface area (Å²) in [6, 6.07) is 9.73. The van der Waals surface area contributed by atoms with E-state index in [4.69, 9.17) is 5.73 Å². The van der Waals surface area contributed by atoms with Crippen molar-refractivity contribution in [3.8, 4) is 0 Å². The number of nitrogens with two attached hydrogens (primary N) is 1. The van der Waals surface area contributed by atoms with Gasteiger partial charge in [-0.05, 0) is 17.9 Å². The second-order valence-electron chi connectivity index (χ2n) is 4.00. The van der Waals surface area contributed by atoms with Crippen LogP contribution in [0.25, 0.3) is 0 Å². The van der Waals surface area contributed by atoms with Crippen LogP contribution in [0.5, 0.6) is 0 Å². The van der Waals surface area contributed by atoms with E-state index in [0.29, 0.717) is 5.92 Å². The third-order valence-corrected chi connectivity index (χ3v) is 2.25. The normalized spacial score (nSPS) is 12.8. The smallest absolute Gasteiger partial charge is 0.224 e. The van der Waals surface area contributed by atoms with Gasteiger partial charge in [-0.2, -0.15) is 0 Å². The van der Waals surface area contributed by atoms with Gasteiger partial charge in [0, 0.05) is 0 Å². The quantitative estimate of drug-likeness (QED) is 0.779. The maximum absolute atomic E-state index is 11.3. The van der Waals surface area contributed by atoms with E-state index >= 15 is 0 Å². The van der Waals surface area contributed by atoms with Gasteiger partial charge in [0.2, 0.25) is 5.91 Å². The molecule has 0 saturated heterocycles. The molecule has 1 aromatic carbocycles. The number of rotatable bonds is 4. The predicted octanol–water partition coefficient (Wildman–Crippen LogP) is 2.30. The molecule has 0 saturated carbocycles. The molecule has 0 bridgehead atoms.